The summed E-state index contributed by atoms with van der Waals surface area (Å²) in [7, 11) is 0. The molecule has 7 rings (SSSR count). The summed E-state index contributed by atoms with van der Waals surface area (Å²) < 4.78 is 4.33. The van der Waals surface area contributed by atoms with Crippen LogP contribution in [0.2, 0.25) is 5.02 Å². The molecule has 210 valence electrons. The van der Waals surface area contributed by atoms with Gasteiger partial charge in [-0.2, -0.15) is 10.2 Å². The Morgan fingerprint density at radius 2 is 1.93 bits per heavy atom. The van der Waals surface area contributed by atoms with Gasteiger partial charge in [0.05, 0.1) is 34.7 Å². The van der Waals surface area contributed by atoms with Crippen LogP contribution in [0.15, 0.2) is 82.2 Å². The maximum absolute atomic E-state index is 14.3. The standard InChI is InChI=1S/C32H26BrClN6O2/c1-2-27-23-10-9-22(16-28(23)37-36-27)39-30-21(14-19-6-4-3-5-7-19)17-35-40(30)29-18-38(13-12-24(29)32(39)42)31(41)20-8-11-25(33)26(34)15-20/h3-11,15-17H,2,12-14,18H2,1H3,(H,36,37). The van der Waals surface area contributed by atoms with E-state index in [2.05, 4.69) is 45.2 Å². The average molecular weight is 642 g/mol. The van der Waals surface area contributed by atoms with Crippen molar-refractivity contribution in [3.05, 3.63) is 126 Å². The number of halogens is 2. The first-order valence-corrected chi connectivity index (χ1v) is 15.0. The largest absolute Gasteiger partial charge is 0.332 e. The van der Waals surface area contributed by atoms with Gasteiger partial charge in [0, 0.05) is 45.2 Å². The summed E-state index contributed by atoms with van der Waals surface area (Å²) in [5, 5.41) is 13.9. The summed E-state index contributed by atoms with van der Waals surface area (Å²) in [6.07, 6.45) is 3.69. The topological polar surface area (TPSA) is 88.3 Å². The summed E-state index contributed by atoms with van der Waals surface area (Å²) in [6.45, 7) is 2.76. The third kappa shape index (κ3) is 4.44. The van der Waals surface area contributed by atoms with E-state index in [1.54, 1.807) is 27.7 Å². The molecule has 1 N–H and O–H groups in total. The van der Waals surface area contributed by atoms with Crippen molar-refractivity contribution in [2.75, 3.05) is 6.54 Å². The highest BCUT2D eigenvalue weighted by atomic mass is 79.9. The fraction of sp³-hybridized carbons (Fsp3) is 0.188. The van der Waals surface area contributed by atoms with Gasteiger partial charge in [-0.1, -0.05) is 48.9 Å². The number of rotatable bonds is 5. The van der Waals surface area contributed by atoms with Gasteiger partial charge in [-0.05, 0) is 70.7 Å². The van der Waals surface area contributed by atoms with Crippen LogP contribution in [0, 0.1) is 0 Å². The van der Waals surface area contributed by atoms with Crippen molar-refractivity contribution in [1.29, 1.82) is 0 Å². The van der Waals surface area contributed by atoms with Gasteiger partial charge in [0.15, 0.2) is 0 Å². The Morgan fingerprint density at radius 3 is 2.71 bits per heavy atom. The molecule has 10 heteroatoms. The van der Waals surface area contributed by atoms with Crippen molar-refractivity contribution in [3.8, 4) is 5.69 Å². The van der Waals surface area contributed by atoms with E-state index in [4.69, 9.17) is 16.7 Å². The minimum Gasteiger partial charge on any atom is -0.332 e. The van der Waals surface area contributed by atoms with Crippen LogP contribution in [0.4, 0.5) is 0 Å². The average Bonchev–Trinajstić information content (AvgIpc) is 3.62. The second kappa shape index (κ2) is 10.6. The van der Waals surface area contributed by atoms with Crippen LogP contribution >= 0.6 is 27.5 Å². The molecule has 6 aromatic rings. The molecule has 1 amide bonds. The van der Waals surface area contributed by atoms with Crippen molar-refractivity contribution < 1.29 is 4.79 Å². The monoisotopic (exact) mass is 640 g/mol. The van der Waals surface area contributed by atoms with E-state index in [9.17, 15) is 9.59 Å². The highest BCUT2D eigenvalue weighted by Crippen LogP contribution is 2.28. The predicted octanol–water partition coefficient (Wildman–Crippen LogP) is 6.13. The molecular formula is C32H26BrClN6O2. The fourth-order valence-electron chi connectivity index (χ4n) is 5.84. The number of nitrogens with zero attached hydrogens (tertiary/aromatic N) is 5. The smallest absolute Gasteiger partial charge is 0.261 e. The van der Waals surface area contributed by atoms with Crippen molar-refractivity contribution in [2.24, 2.45) is 0 Å². The Kier molecular flexibility index (Phi) is 6.71. The molecule has 3 aromatic carbocycles. The van der Waals surface area contributed by atoms with Crippen molar-refractivity contribution in [2.45, 2.75) is 32.7 Å². The first-order valence-electron chi connectivity index (χ1n) is 13.8. The summed E-state index contributed by atoms with van der Waals surface area (Å²) >= 11 is 9.68. The highest BCUT2D eigenvalue weighted by molar-refractivity contribution is 9.10. The molecule has 3 aromatic heterocycles. The normalized spacial score (nSPS) is 13.2. The van der Waals surface area contributed by atoms with Crippen LogP contribution in [0.3, 0.4) is 0 Å². The van der Waals surface area contributed by atoms with Crippen LogP contribution in [0.5, 0.6) is 0 Å². The number of H-pyrrole nitrogens is 1. The molecule has 1 aliphatic rings. The van der Waals surface area contributed by atoms with Gasteiger partial charge >= 0.3 is 0 Å². The molecule has 0 atom stereocenters. The fourth-order valence-corrected chi connectivity index (χ4v) is 6.27. The number of nitrogens with one attached hydrogen (secondary N) is 1. The Hall–Kier alpha value is -4.21. The summed E-state index contributed by atoms with van der Waals surface area (Å²) in [5.41, 5.74) is 7.10. The molecule has 0 aliphatic carbocycles. The molecule has 1 aliphatic heterocycles. The molecule has 4 heterocycles. The lowest BCUT2D eigenvalue weighted by atomic mass is 10.0. The van der Waals surface area contributed by atoms with Gasteiger partial charge in [-0.25, -0.2) is 4.52 Å². The SMILES string of the molecule is CCc1[nH]nc2cc(-n3c(=O)c4c(n5ncc(Cc6ccccc6)c35)CN(C(=O)c3ccc(Br)c(Cl)c3)CC4)ccc12. The Bertz CT molecular complexity index is 2060. The molecule has 0 fully saturated rings. The lowest BCUT2D eigenvalue weighted by Gasteiger charge is -2.29. The first kappa shape index (κ1) is 26.7. The van der Waals surface area contributed by atoms with Gasteiger partial charge < -0.3 is 4.90 Å². The van der Waals surface area contributed by atoms with Gasteiger partial charge in [0.25, 0.3) is 11.5 Å². The van der Waals surface area contributed by atoms with E-state index in [0.717, 1.165) is 50.0 Å². The van der Waals surface area contributed by atoms with Crippen LogP contribution in [-0.2, 0) is 25.8 Å². The van der Waals surface area contributed by atoms with Crippen LogP contribution in [0.25, 0.3) is 22.2 Å². The Morgan fingerprint density at radius 1 is 1.10 bits per heavy atom. The van der Waals surface area contributed by atoms with Crippen LogP contribution in [-0.4, -0.2) is 41.7 Å². The zero-order valence-electron chi connectivity index (χ0n) is 22.8. The van der Waals surface area contributed by atoms with E-state index in [0.29, 0.717) is 41.2 Å². The lowest BCUT2D eigenvalue weighted by Crippen LogP contribution is -2.41. The summed E-state index contributed by atoms with van der Waals surface area (Å²) in [5.74, 6) is -0.139. The maximum Gasteiger partial charge on any atom is 0.261 e. The van der Waals surface area contributed by atoms with E-state index >= 15 is 0 Å². The Balaban J connectivity index is 1.39. The molecule has 0 saturated heterocycles. The third-order valence-electron chi connectivity index (χ3n) is 7.99. The predicted molar refractivity (Wildman–Crippen MR) is 167 cm³/mol. The zero-order valence-corrected chi connectivity index (χ0v) is 25.1. The molecule has 0 unspecified atom stereocenters. The number of aromatic amines is 1. The van der Waals surface area contributed by atoms with E-state index < -0.39 is 0 Å². The van der Waals surface area contributed by atoms with Gasteiger partial charge in [0.1, 0.15) is 5.65 Å². The number of aromatic nitrogens is 5. The lowest BCUT2D eigenvalue weighted by molar-refractivity contribution is 0.0729. The van der Waals surface area contributed by atoms with Gasteiger partial charge in [0.2, 0.25) is 0 Å². The number of carbonyl (C=O) groups is 1. The number of carbonyl (C=O) groups excluding carboxylic acids is 1. The molecule has 0 saturated carbocycles. The minimum atomic E-state index is -0.139. The van der Waals surface area contributed by atoms with Crippen LogP contribution < -0.4 is 5.56 Å². The van der Waals surface area contributed by atoms with E-state index in [1.165, 1.54) is 0 Å². The van der Waals surface area contributed by atoms with E-state index in [-0.39, 0.29) is 18.0 Å². The van der Waals surface area contributed by atoms with Crippen molar-refractivity contribution >= 4 is 50.0 Å². The number of hydrogen-bond acceptors (Lipinski definition) is 4. The van der Waals surface area contributed by atoms with Crippen molar-refractivity contribution in [3.63, 3.8) is 0 Å². The summed E-state index contributed by atoms with van der Waals surface area (Å²) in [6, 6.07) is 21.3. The highest BCUT2D eigenvalue weighted by Gasteiger charge is 2.29. The van der Waals surface area contributed by atoms with Crippen molar-refractivity contribution in [1.82, 2.24) is 29.3 Å². The van der Waals surface area contributed by atoms with E-state index in [1.807, 2.05) is 47.1 Å². The molecule has 0 radical (unpaired) electrons. The molecular weight excluding hydrogens is 616 g/mol. The molecule has 0 spiro atoms. The first-order chi connectivity index (χ1) is 20.4. The number of aryl methyl sites for hydroxylation is 1. The zero-order chi connectivity index (χ0) is 29.0. The minimum absolute atomic E-state index is 0.100. The Labute approximate surface area is 254 Å². The third-order valence-corrected chi connectivity index (χ3v) is 9.22. The number of benzene rings is 3. The molecule has 42 heavy (non-hydrogen) atoms. The second-order valence-electron chi connectivity index (χ2n) is 10.5. The molecule has 0 bridgehead atoms. The van der Waals surface area contributed by atoms with Gasteiger partial charge in [-0.15, -0.1) is 0 Å². The number of amides is 1. The second-order valence-corrected chi connectivity index (χ2v) is 11.8. The number of fused-ring (bicyclic) bond motifs is 4. The number of hydrogen-bond donors (Lipinski definition) is 1. The van der Waals surface area contributed by atoms with Crippen LogP contribution in [0.1, 0.15) is 45.4 Å². The maximum atomic E-state index is 14.3. The quantitative estimate of drug-likeness (QED) is 0.245. The van der Waals surface area contributed by atoms with Gasteiger partial charge in [-0.3, -0.25) is 19.3 Å². The summed E-state index contributed by atoms with van der Waals surface area (Å²) in [4.78, 5) is 29.6. The molecule has 8 nitrogen and oxygen atoms in total.